The van der Waals surface area contributed by atoms with Crippen LogP contribution in [0, 0.1) is 0 Å². The second kappa shape index (κ2) is 2.11. The van der Waals surface area contributed by atoms with E-state index in [-0.39, 0.29) is 5.97 Å². The van der Waals surface area contributed by atoms with Gasteiger partial charge in [0.15, 0.2) is 0 Å². The van der Waals surface area contributed by atoms with Gasteiger partial charge in [-0.25, -0.2) is 4.79 Å². The fourth-order valence-electron chi connectivity index (χ4n) is 1.55. The Balaban J connectivity index is 2.19. The summed E-state index contributed by atoms with van der Waals surface area (Å²) in [4.78, 5) is 10.7. The number of hydrogen-bond donors (Lipinski definition) is 0. The van der Waals surface area contributed by atoms with Crippen molar-refractivity contribution >= 4 is 5.97 Å². The topological polar surface area (TPSA) is 26.3 Å². The number of ether oxygens (including phenoxy) is 1. The monoisotopic (exact) mass is 138 g/mol. The summed E-state index contributed by atoms with van der Waals surface area (Å²) in [7, 11) is 0. The summed E-state index contributed by atoms with van der Waals surface area (Å²) >= 11 is 0. The molecule has 0 aromatic heterocycles. The minimum Gasteiger partial charge on any atom is -0.457 e. The van der Waals surface area contributed by atoms with Gasteiger partial charge in [-0.3, -0.25) is 0 Å². The smallest absolute Gasteiger partial charge is 0.337 e. The number of carbonyl (C=O) groups is 1. The third-order valence-corrected chi connectivity index (χ3v) is 2.23. The molecule has 2 rings (SSSR count). The van der Waals surface area contributed by atoms with Crippen molar-refractivity contribution in [1.82, 2.24) is 0 Å². The summed E-state index contributed by atoms with van der Waals surface area (Å²) in [5.41, 5.74) is 2.33. The maximum atomic E-state index is 10.7. The highest BCUT2D eigenvalue weighted by Crippen LogP contribution is 2.30. The Hall–Kier alpha value is -0.790. The highest BCUT2D eigenvalue weighted by Gasteiger charge is 2.27. The maximum absolute atomic E-state index is 10.7. The van der Waals surface area contributed by atoms with Crippen molar-refractivity contribution in [2.75, 3.05) is 6.61 Å². The molecule has 0 aromatic rings. The second-order valence-electron chi connectivity index (χ2n) is 2.87. The van der Waals surface area contributed by atoms with Gasteiger partial charge >= 0.3 is 5.97 Å². The van der Waals surface area contributed by atoms with Crippen molar-refractivity contribution in [3.05, 3.63) is 11.1 Å². The largest absolute Gasteiger partial charge is 0.457 e. The van der Waals surface area contributed by atoms with Gasteiger partial charge in [0.1, 0.15) is 6.61 Å². The fourth-order valence-corrected chi connectivity index (χ4v) is 1.55. The lowest BCUT2D eigenvalue weighted by Gasteiger charge is -2.18. The van der Waals surface area contributed by atoms with Crippen LogP contribution in [-0.4, -0.2) is 12.6 Å². The van der Waals surface area contributed by atoms with Crippen molar-refractivity contribution in [2.24, 2.45) is 0 Å². The van der Waals surface area contributed by atoms with Crippen LogP contribution in [0.15, 0.2) is 11.1 Å². The summed E-state index contributed by atoms with van der Waals surface area (Å²) in [6.45, 7) is 0.578. The lowest BCUT2D eigenvalue weighted by Crippen LogP contribution is -2.25. The van der Waals surface area contributed by atoms with Crippen molar-refractivity contribution in [3.8, 4) is 0 Å². The number of esters is 1. The van der Waals surface area contributed by atoms with Gasteiger partial charge in [-0.2, -0.15) is 0 Å². The molecular formula is C8H10O2. The molecule has 2 aliphatic rings. The molecule has 0 aromatic carbocycles. The Morgan fingerprint density at radius 1 is 1.20 bits per heavy atom. The first kappa shape index (κ1) is 5.96. The highest BCUT2D eigenvalue weighted by molar-refractivity contribution is 5.94. The number of cyclic esters (lactones) is 1. The first-order valence-electron chi connectivity index (χ1n) is 3.76. The molecule has 1 saturated carbocycles. The molecule has 2 nitrogen and oxygen atoms in total. The molecule has 0 spiro atoms. The van der Waals surface area contributed by atoms with Crippen LogP contribution in [0.3, 0.4) is 0 Å². The third kappa shape index (κ3) is 0.753. The molecule has 54 valence electrons. The molecule has 0 N–H and O–H groups in total. The van der Waals surface area contributed by atoms with Gasteiger partial charge in [-0.15, -0.1) is 0 Å². The zero-order valence-electron chi connectivity index (χ0n) is 5.85. The van der Waals surface area contributed by atoms with Crippen LogP contribution >= 0.6 is 0 Å². The van der Waals surface area contributed by atoms with Gasteiger partial charge < -0.3 is 4.74 Å². The minimum absolute atomic E-state index is 0.0723. The molecule has 0 bridgehead atoms. The van der Waals surface area contributed by atoms with E-state index in [4.69, 9.17) is 0 Å². The van der Waals surface area contributed by atoms with E-state index < -0.39 is 0 Å². The van der Waals surface area contributed by atoms with Gasteiger partial charge in [0.2, 0.25) is 0 Å². The predicted octanol–water partition coefficient (Wildman–Crippen LogP) is 1.41. The standard InChI is InChI=1S/C8H10O2/c9-8-7(5-10-8)6-3-1-2-4-6/h1-5H2. The molecule has 0 radical (unpaired) electrons. The Morgan fingerprint density at radius 2 is 1.90 bits per heavy atom. The highest BCUT2D eigenvalue weighted by atomic mass is 16.6. The van der Waals surface area contributed by atoms with Gasteiger partial charge in [-0.1, -0.05) is 5.57 Å². The SMILES string of the molecule is O=C1OCC1=C1CCCC1. The Bertz CT molecular complexity index is 195. The lowest BCUT2D eigenvalue weighted by molar-refractivity contribution is -0.147. The molecule has 1 aliphatic carbocycles. The first-order chi connectivity index (χ1) is 4.88. The van der Waals surface area contributed by atoms with Crippen LogP contribution < -0.4 is 0 Å². The maximum Gasteiger partial charge on any atom is 0.337 e. The van der Waals surface area contributed by atoms with Gasteiger partial charge in [0, 0.05) is 0 Å². The van der Waals surface area contributed by atoms with Gasteiger partial charge in [0.05, 0.1) is 5.57 Å². The molecular weight excluding hydrogens is 128 g/mol. The van der Waals surface area contributed by atoms with Crippen LogP contribution in [0.1, 0.15) is 25.7 Å². The third-order valence-electron chi connectivity index (χ3n) is 2.23. The summed E-state index contributed by atoms with van der Waals surface area (Å²) in [5.74, 6) is -0.0723. The minimum atomic E-state index is -0.0723. The predicted molar refractivity (Wildman–Crippen MR) is 36.5 cm³/mol. The summed E-state index contributed by atoms with van der Waals surface area (Å²) in [5, 5.41) is 0. The van der Waals surface area contributed by atoms with Crippen LogP contribution in [0.25, 0.3) is 0 Å². The van der Waals surface area contributed by atoms with E-state index in [2.05, 4.69) is 4.74 Å². The normalized spacial score (nSPS) is 24.6. The second-order valence-corrected chi connectivity index (χ2v) is 2.87. The zero-order valence-corrected chi connectivity index (χ0v) is 5.85. The molecule has 10 heavy (non-hydrogen) atoms. The number of carbonyl (C=O) groups excluding carboxylic acids is 1. The van der Waals surface area contributed by atoms with Crippen molar-refractivity contribution in [2.45, 2.75) is 25.7 Å². The number of hydrogen-bond acceptors (Lipinski definition) is 2. The fraction of sp³-hybridized carbons (Fsp3) is 0.625. The van der Waals surface area contributed by atoms with E-state index >= 15 is 0 Å². The van der Waals surface area contributed by atoms with E-state index in [0.29, 0.717) is 6.61 Å². The van der Waals surface area contributed by atoms with Crippen LogP contribution in [0.2, 0.25) is 0 Å². The quantitative estimate of drug-likeness (QED) is 0.373. The van der Waals surface area contributed by atoms with Crippen LogP contribution in [0.4, 0.5) is 0 Å². The summed E-state index contributed by atoms with van der Waals surface area (Å²) < 4.78 is 4.66. The first-order valence-corrected chi connectivity index (χ1v) is 3.76. The molecule has 0 atom stereocenters. The molecule has 2 heteroatoms. The summed E-state index contributed by atoms with van der Waals surface area (Å²) in [6, 6.07) is 0. The van der Waals surface area contributed by atoms with Crippen LogP contribution in [0.5, 0.6) is 0 Å². The number of rotatable bonds is 0. The zero-order chi connectivity index (χ0) is 6.97. The van der Waals surface area contributed by atoms with E-state index in [1.807, 2.05) is 0 Å². The van der Waals surface area contributed by atoms with E-state index in [1.54, 1.807) is 0 Å². The molecule has 0 unspecified atom stereocenters. The number of allylic oxidation sites excluding steroid dienone is 1. The Labute approximate surface area is 59.9 Å². The average molecular weight is 138 g/mol. The average Bonchev–Trinajstić information content (AvgIpc) is 2.37. The van der Waals surface area contributed by atoms with Gasteiger partial charge in [-0.05, 0) is 25.7 Å². The van der Waals surface area contributed by atoms with E-state index in [1.165, 1.54) is 18.4 Å². The Kier molecular flexibility index (Phi) is 1.26. The molecule has 2 fully saturated rings. The molecule has 1 heterocycles. The molecule has 1 saturated heterocycles. The van der Waals surface area contributed by atoms with Crippen LogP contribution in [-0.2, 0) is 9.53 Å². The van der Waals surface area contributed by atoms with Crippen molar-refractivity contribution in [3.63, 3.8) is 0 Å². The van der Waals surface area contributed by atoms with Gasteiger partial charge in [0.25, 0.3) is 0 Å². The van der Waals surface area contributed by atoms with E-state index in [9.17, 15) is 4.79 Å². The Morgan fingerprint density at radius 3 is 2.30 bits per heavy atom. The van der Waals surface area contributed by atoms with Crippen molar-refractivity contribution < 1.29 is 9.53 Å². The van der Waals surface area contributed by atoms with Crippen molar-refractivity contribution in [1.29, 1.82) is 0 Å². The lowest BCUT2D eigenvalue weighted by atomic mass is 10.1. The molecule has 1 aliphatic heterocycles. The summed E-state index contributed by atoms with van der Waals surface area (Å²) in [6.07, 6.45) is 4.77. The molecule has 0 amide bonds. The van der Waals surface area contributed by atoms with E-state index in [0.717, 1.165) is 18.4 Å².